The number of likely N-dealkylation sites (tertiary alicyclic amines) is 1. The zero-order valence-corrected chi connectivity index (χ0v) is 12.3. The van der Waals surface area contributed by atoms with E-state index < -0.39 is 5.54 Å². The van der Waals surface area contributed by atoms with Crippen molar-refractivity contribution < 1.29 is 9.53 Å². The fourth-order valence-electron chi connectivity index (χ4n) is 2.48. The van der Waals surface area contributed by atoms with Gasteiger partial charge in [-0.1, -0.05) is 0 Å². The molecule has 0 radical (unpaired) electrons. The lowest BCUT2D eigenvalue weighted by atomic mass is 9.94. The minimum atomic E-state index is -0.573. The van der Waals surface area contributed by atoms with Crippen molar-refractivity contribution in [2.45, 2.75) is 45.6 Å². The van der Waals surface area contributed by atoms with E-state index >= 15 is 0 Å². The van der Waals surface area contributed by atoms with Gasteiger partial charge in [0.05, 0.1) is 6.61 Å². The Morgan fingerprint density at radius 1 is 1.50 bits per heavy atom. The van der Waals surface area contributed by atoms with E-state index in [-0.39, 0.29) is 5.97 Å². The van der Waals surface area contributed by atoms with Gasteiger partial charge >= 0.3 is 5.97 Å². The van der Waals surface area contributed by atoms with Crippen LogP contribution >= 0.6 is 0 Å². The number of esters is 1. The van der Waals surface area contributed by atoms with E-state index in [2.05, 4.69) is 17.3 Å². The molecule has 1 aliphatic rings. The third kappa shape index (κ3) is 4.94. The highest BCUT2D eigenvalue weighted by Gasteiger charge is 2.28. The maximum atomic E-state index is 11.7. The Bertz CT molecular complexity index is 267. The minimum absolute atomic E-state index is 0.161. The Kier molecular flexibility index (Phi) is 6.09. The van der Waals surface area contributed by atoms with Crippen LogP contribution in [0.1, 0.15) is 40.0 Å². The lowest BCUT2D eigenvalue weighted by Crippen LogP contribution is -2.48. The number of rotatable bonds is 6. The molecule has 1 unspecified atom stereocenters. The quantitative estimate of drug-likeness (QED) is 0.734. The van der Waals surface area contributed by atoms with Crippen LogP contribution in [0.15, 0.2) is 0 Å². The summed E-state index contributed by atoms with van der Waals surface area (Å²) < 4.78 is 5.06. The molecule has 0 bridgehead atoms. The molecule has 0 aromatic carbocycles. The SMILES string of the molecule is CCOC(=O)C(C)(C)NCCC1CCCN(C)C1. The molecular formula is C14H28N2O2. The Hall–Kier alpha value is -0.610. The van der Waals surface area contributed by atoms with Gasteiger partial charge in [0.2, 0.25) is 0 Å². The zero-order chi connectivity index (χ0) is 13.6. The Morgan fingerprint density at radius 2 is 2.22 bits per heavy atom. The monoisotopic (exact) mass is 256 g/mol. The van der Waals surface area contributed by atoms with E-state index in [0.29, 0.717) is 6.61 Å². The number of nitrogens with one attached hydrogen (secondary N) is 1. The fourth-order valence-corrected chi connectivity index (χ4v) is 2.48. The van der Waals surface area contributed by atoms with E-state index in [1.54, 1.807) is 0 Å². The summed E-state index contributed by atoms with van der Waals surface area (Å²) in [5.74, 6) is 0.597. The Balaban J connectivity index is 2.25. The molecule has 4 heteroatoms. The van der Waals surface area contributed by atoms with Crippen LogP contribution in [-0.4, -0.2) is 49.7 Å². The van der Waals surface area contributed by atoms with Crippen molar-refractivity contribution in [3.05, 3.63) is 0 Å². The summed E-state index contributed by atoms with van der Waals surface area (Å²) in [5, 5.41) is 3.31. The first-order valence-electron chi connectivity index (χ1n) is 7.06. The van der Waals surface area contributed by atoms with E-state index in [4.69, 9.17) is 4.74 Å². The van der Waals surface area contributed by atoms with E-state index in [1.807, 2.05) is 20.8 Å². The van der Waals surface area contributed by atoms with Crippen molar-refractivity contribution in [2.75, 3.05) is 33.3 Å². The number of piperidine rings is 1. The number of nitrogens with zero attached hydrogens (tertiary/aromatic N) is 1. The molecule has 1 heterocycles. The predicted molar refractivity (Wildman–Crippen MR) is 73.6 cm³/mol. The number of ether oxygens (including phenoxy) is 1. The molecule has 1 saturated heterocycles. The van der Waals surface area contributed by atoms with Crippen molar-refractivity contribution in [3.63, 3.8) is 0 Å². The molecule has 0 amide bonds. The van der Waals surface area contributed by atoms with Crippen LogP contribution in [0.2, 0.25) is 0 Å². The van der Waals surface area contributed by atoms with E-state index in [1.165, 1.54) is 25.9 Å². The van der Waals surface area contributed by atoms with Crippen LogP contribution in [0.3, 0.4) is 0 Å². The summed E-state index contributed by atoms with van der Waals surface area (Å²) in [6.07, 6.45) is 3.74. The molecule has 0 saturated carbocycles. The summed E-state index contributed by atoms with van der Waals surface area (Å²) in [4.78, 5) is 14.1. The van der Waals surface area contributed by atoms with Gasteiger partial charge in [0.25, 0.3) is 0 Å². The van der Waals surface area contributed by atoms with Crippen molar-refractivity contribution >= 4 is 5.97 Å². The van der Waals surface area contributed by atoms with Gasteiger partial charge in [-0.3, -0.25) is 4.79 Å². The molecule has 0 aliphatic carbocycles. The molecule has 1 N–H and O–H groups in total. The molecule has 0 spiro atoms. The molecule has 18 heavy (non-hydrogen) atoms. The highest BCUT2D eigenvalue weighted by molar-refractivity contribution is 5.79. The number of carbonyl (C=O) groups excluding carboxylic acids is 1. The first-order chi connectivity index (χ1) is 8.45. The van der Waals surface area contributed by atoms with Gasteiger partial charge in [-0.25, -0.2) is 0 Å². The molecule has 1 fully saturated rings. The minimum Gasteiger partial charge on any atom is -0.465 e. The molecule has 4 nitrogen and oxygen atoms in total. The average Bonchev–Trinajstić information content (AvgIpc) is 2.29. The van der Waals surface area contributed by atoms with Gasteiger partial charge < -0.3 is 15.0 Å². The molecule has 1 aliphatic heterocycles. The average molecular weight is 256 g/mol. The lowest BCUT2D eigenvalue weighted by molar-refractivity contribution is -0.149. The van der Waals surface area contributed by atoms with Crippen LogP contribution < -0.4 is 5.32 Å². The third-order valence-corrected chi connectivity index (χ3v) is 3.63. The summed E-state index contributed by atoms with van der Waals surface area (Å²) in [6, 6.07) is 0. The summed E-state index contributed by atoms with van der Waals surface area (Å²) in [7, 11) is 2.18. The van der Waals surface area contributed by atoms with Gasteiger partial charge in [0, 0.05) is 6.54 Å². The standard InChI is InChI=1S/C14H28N2O2/c1-5-18-13(17)14(2,3)15-9-8-12-7-6-10-16(4)11-12/h12,15H,5-11H2,1-4H3. The first-order valence-corrected chi connectivity index (χ1v) is 7.06. The highest BCUT2D eigenvalue weighted by atomic mass is 16.5. The second-order valence-electron chi connectivity index (χ2n) is 5.83. The highest BCUT2D eigenvalue weighted by Crippen LogP contribution is 2.18. The predicted octanol–water partition coefficient (Wildman–Crippen LogP) is 1.65. The van der Waals surface area contributed by atoms with Crippen molar-refractivity contribution in [1.82, 2.24) is 10.2 Å². The van der Waals surface area contributed by atoms with Gasteiger partial charge in [-0.2, -0.15) is 0 Å². The summed E-state index contributed by atoms with van der Waals surface area (Å²) in [5.41, 5.74) is -0.573. The Morgan fingerprint density at radius 3 is 2.83 bits per heavy atom. The normalized spacial score (nSPS) is 21.9. The van der Waals surface area contributed by atoms with Crippen LogP contribution in [0, 0.1) is 5.92 Å². The van der Waals surface area contributed by atoms with Crippen LogP contribution in [0.5, 0.6) is 0 Å². The van der Waals surface area contributed by atoms with Crippen LogP contribution in [0.25, 0.3) is 0 Å². The van der Waals surface area contributed by atoms with Crippen molar-refractivity contribution in [3.8, 4) is 0 Å². The molecule has 106 valence electrons. The van der Waals surface area contributed by atoms with E-state index in [9.17, 15) is 4.79 Å². The lowest BCUT2D eigenvalue weighted by Gasteiger charge is -2.31. The van der Waals surface area contributed by atoms with Gasteiger partial charge in [-0.05, 0) is 66.1 Å². The number of hydrogen-bond donors (Lipinski definition) is 1. The second-order valence-corrected chi connectivity index (χ2v) is 5.83. The van der Waals surface area contributed by atoms with Gasteiger partial charge in [-0.15, -0.1) is 0 Å². The number of carbonyl (C=O) groups is 1. The van der Waals surface area contributed by atoms with Gasteiger partial charge in [0.15, 0.2) is 0 Å². The van der Waals surface area contributed by atoms with Crippen LogP contribution in [0.4, 0.5) is 0 Å². The maximum Gasteiger partial charge on any atom is 0.325 e. The molecule has 1 atom stereocenters. The fraction of sp³-hybridized carbons (Fsp3) is 0.929. The van der Waals surface area contributed by atoms with E-state index in [0.717, 1.165) is 18.9 Å². The summed E-state index contributed by atoms with van der Waals surface area (Å²) in [6.45, 7) is 9.34. The maximum absolute atomic E-state index is 11.7. The molecular weight excluding hydrogens is 228 g/mol. The first kappa shape index (κ1) is 15.4. The summed E-state index contributed by atoms with van der Waals surface area (Å²) >= 11 is 0. The van der Waals surface area contributed by atoms with Gasteiger partial charge in [0.1, 0.15) is 5.54 Å². The number of hydrogen-bond acceptors (Lipinski definition) is 4. The molecule has 1 rings (SSSR count). The van der Waals surface area contributed by atoms with Crippen LogP contribution in [-0.2, 0) is 9.53 Å². The zero-order valence-electron chi connectivity index (χ0n) is 12.3. The molecule has 0 aromatic rings. The molecule has 0 aromatic heterocycles. The largest absolute Gasteiger partial charge is 0.465 e. The van der Waals surface area contributed by atoms with Crippen molar-refractivity contribution in [1.29, 1.82) is 0 Å². The Labute approximate surface area is 111 Å². The smallest absolute Gasteiger partial charge is 0.325 e. The van der Waals surface area contributed by atoms with Crippen molar-refractivity contribution in [2.24, 2.45) is 5.92 Å². The topological polar surface area (TPSA) is 41.6 Å². The second kappa shape index (κ2) is 7.10. The third-order valence-electron chi connectivity index (χ3n) is 3.63.